The molecule has 1 fully saturated rings. The molecule has 0 radical (unpaired) electrons. The summed E-state index contributed by atoms with van der Waals surface area (Å²) in [5, 5.41) is 3.61. The van der Waals surface area contributed by atoms with Crippen molar-refractivity contribution in [2.24, 2.45) is 0 Å². The van der Waals surface area contributed by atoms with Gasteiger partial charge in [-0.05, 0) is 37.6 Å². The van der Waals surface area contributed by atoms with Gasteiger partial charge in [0.2, 0.25) is 5.91 Å². The van der Waals surface area contributed by atoms with E-state index in [0.717, 1.165) is 5.39 Å². The number of carbonyl (C=O) groups is 4. The van der Waals surface area contributed by atoms with E-state index in [-0.39, 0.29) is 50.9 Å². The SMILES string of the molecule is CCOC(=O)COc1ccccc1CC(NC(=O)c1cc(OC)c2ccccc2n1)C(=O)N1CCN(C(=O)OCC)CC1. The summed E-state index contributed by atoms with van der Waals surface area (Å²) >= 11 is 0. The van der Waals surface area contributed by atoms with E-state index in [1.807, 2.05) is 18.2 Å². The topological polar surface area (TPSA) is 137 Å². The van der Waals surface area contributed by atoms with Crippen molar-refractivity contribution in [3.63, 3.8) is 0 Å². The molecular weight excluding hydrogens is 556 g/mol. The van der Waals surface area contributed by atoms with E-state index < -0.39 is 24.0 Å². The highest BCUT2D eigenvalue weighted by atomic mass is 16.6. The quantitative estimate of drug-likeness (QED) is 0.333. The average molecular weight is 593 g/mol. The molecule has 1 unspecified atom stereocenters. The molecule has 12 nitrogen and oxygen atoms in total. The fourth-order valence-electron chi connectivity index (χ4n) is 4.78. The Morgan fingerprint density at radius 2 is 1.56 bits per heavy atom. The summed E-state index contributed by atoms with van der Waals surface area (Å²) in [6.07, 6.45) is -0.352. The molecule has 0 saturated carbocycles. The third kappa shape index (κ3) is 7.91. The van der Waals surface area contributed by atoms with Gasteiger partial charge in [0.05, 0.1) is 25.8 Å². The predicted octanol–water partition coefficient (Wildman–Crippen LogP) is 2.83. The van der Waals surface area contributed by atoms with Crippen LogP contribution >= 0.6 is 0 Å². The van der Waals surface area contributed by atoms with Gasteiger partial charge in [-0.2, -0.15) is 0 Å². The van der Waals surface area contributed by atoms with Crippen LogP contribution in [-0.2, 0) is 25.5 Å². The van der Waals surface area contributed by atoms with Crippen molar-refractivity contribution in [3.8, 4) is 11.5 Å². The van der Waals surface area contributed by atoms with E-state index in [2.05, 4.69) is 10.3 Å². The van der Waals surface area contributed by atoms with Crippen LogP contribution in [0.1, 0.15) is 29.9 Å². The summed E-state index contributed by atoms with van der Waals surface area (Å²) in [5.74, 6) is -0.539. The number of pyridine rings is 1. The molecule has 0 spiro atoms. The van der Waals surface area contributed by atoms with Gasteiger partial charge in [0.15, 0.2) is 6.61 Å². The molecule has 0 bridgehead atoms. The molecule has 1 saturated heterocycles. The van der Waals surface area contributed by atoms with Crippen LogP contribution in [-0.4, -0.2) is 97.8 Å². The molecule has 12 heteroatoms. The lowest BCUT2D eigenvalue weighted by molar-refractivity contribution is -0.145. The van der Waals surface area contributed by atoms with E-state index >= 15 is 0 Å². The first kappa shape index (κ1) is 31.1. The molecular formula is C31H36N4O8. The number of amides is 3. The monoisotopic (exact) mass is 592 g/mol. The zero-order chi connectivity index (χ0) is 30.8. The third-order valence-electron chi connectivity index (χ3n) is 6.90. The standard InChI is InChI=1S/C31H36N4O8/c1-4-41-28(36)20-43-26-13-9-6-10-21(26)18-25(30(38)34-14-16-35(17-15-34)31(39)42-5-2)33-29(37)24-19-27(40-3)22-11-7-8-12-23(22)32-24/h6-13,19,25H,4-5,14-18,20H2,1-3H3,(H,33,37). The minimum atomic E-state index is -1.01. The smallest absolute Gasteiger partial charge is 0.409 e. The number of carbonyl (C=O) groups excluding carboxylic acids is 4. The molecule has 3 aromatic rings. The third-order valence-corrected chi connectivity index (χ3v) is 6.90. The van der Waals surface area contributed by atoms with E-state index in [1.165, 1.54) is 13.2 Å². The lowest BCUT2D eigenvalue weighted by Gasteiger charge is -2.36. The maximum Gasteiger partial charge on any atom is 0.409 e. The highest BCUT2D eigenvalue weighted by molar-refractivity contribution is 5.99. The van der Waals surface area contributed by atoms with Crippen LogP contribution in [0.4, 0.5) is 4.79 Å². The maximum atomic E-state index is 13.9. The molecule has 1 N–H and O–H groups in total. The second kappa shape index (κ2) is 14.9. The Labute approximate surface area is 249 Å². The molecule has 1 aromatic heterocycles. The number of aromatic nitrogens is 1. The van der Waals surface area contributed by atoms with Gasteiger partial charge in [-0.25, -0.2) is 14.6 Å². The number of benzene rings is 2. The van der Waals surface area contributed by atoms with Gasteiger partial charge in [0.25, 0.3) is 5.91 Å². The zero-order valence-electron chi connectivity index (χ0n) is 24.5. The van der Waals surface area contributed by atoms with E-state index in [9.17, 15) is 19.2 Å². The van der Waals surface area contributed by atoms with Crippen LogP contribution < -0.4 is 14.8 Å². The molecule has 43 heavy (non-hydrogen) atoms. The van der Waals surface area contributed by atoms with E-state index in [1.54, 1.807) is 54.0 Å². The van der Waals surface area contributed by atoms with E-state index in [0.29, 0.717) is 35.7 Å². The first-order valence-corrected chi connectivity index (χ1v) is 14.2. The fraction of sp³-hybridized carbons (Fsp3) is 0.387. The molecule has 1 atom stereocenters. The second-order valence-electron chi connectivity index (χ2n) is 9.67. The Bertz CT molecular complexity index is 1450. The molecule has 0 aliphatic carbocycles. The van der Waals surface area contributed by atoms with Gasteiger partial charge in [-0.15, -0.1) is 0 Å². The number of hydrogen-bond acceptors (Lipinski definition) is 9. The number of methoxy groups -OCH3 is 1. The number of fused-ring (bicyclic) bond motifs is 1. The van der Waals surface area contributed by atoms with Crippen LogP contribution in [0.25, 0.3) is 10.9 Å². The number of esters is 1. The molecule has 3 amide bonds. The second-order valence-corrected chi connectivity index (χ2v) is 9.67. The van der Waals surface area contributed by atoms with Gasteiger partial charge >= 0.3 is 12.1 Å². The number of para-hydroxylation sites is 2. The number of hydrogen-bond donors (Lipinski definition) is 1. The Kier molecular flexibility index (Phi) is 10.7. The molecule has 1 aliphatic heterocycles. The van der Waals surface area contributed by atoms with Crippen LogP contribution in [0.15, 0.2) is 54.6 Å². The minimum absolute atomic E-state index is 0.0758. The van der Waals surface area contributed by atoms with Crippen molar-refractivity contribution in [1.29, 1.82) is 0 Å². The summed E-state index contributed by atoms with van der Waals surface area (Å²) in [6.45, 7) is 4.77. The summed E-state index contributed by atoms with van der Waals surface area (Å²) in [4.78, 5) is 59.2. The molecule has 2 aromatic carbocycles. The van der Waals surface area contributed by atoms with Crippen LogP contribution in [0.3, 0.4) is 0 Å². The molecule has 1 aliphatic rings. The fourth-order valence-corrected chi connectivity index (χ4v) is 4.78. The van der Waals surface area contributed by atoms with Gasteiger partial charge in [0.1, 0.15) is 23.2 Å². The first-order valence-electron chi connectivity index (χ1n) is 14.2. The molecule has 228 valence electrons. The van der Waals surface area contributed by atoms with E-state index in [4.69, 9.17) is 18.9 Å². The maximum absolute atomic E-state index is 13.9. The molecule has 2 heterocycles. The van der Waals surface area contributed by atoms with Crippen molar-refractivity contribution < 1.29 is 38.1 Å². The van der Waals surface area contributed by atoms with Crippen LogP contribution in [0, 0.1) is 0 Å². The lowest BCUT2D eigenvalue weighted by atomic mass is 10.0. The largest absolute Gasteiger partial charge is 0.496 e. The number of nitrogens with zero attached hydrogens (tertiary/aromatic N) is 3. The summed E-state index contributed by atoms with van der Waals surface area (Å²) < 4.78 is 21.2. The van der Waals surface area contributed by atoms with Gasteiger partial charge in [0, 0.05) is 44.1 Å². The van der Waals surface area contributed by atoms with Gasteiger partial charge in [-0.3, -0.25) is 9.59 Å². The zero-order valence-corrected chi connectivity index (χ0v) is 24.5. The summed E-state index contributed by atoms with van der Waals surface area (Å²) in [6, 6.07) is 14.8. The summed E-state index contributed by atoms with van der Waals surface area (Å²) in [7, 11) is 1.51. The average Bonchev–Trinajstić information content (AvgIpc) is 3.03. The first-order chi connectivity index (χ1) is 20.8. The molecule has 4 rings (SSSR count). The van der Waals surface area contributed by atoms with Crippen molar-refractivity contribution >= 4 is 34.8 Å². The normalized spacial score (nSPS) is 13.7. The number of piperazine rings is 1. The van der Waals surface area contributed by atoms with Crippen molar-refractivity contribution in [2.45, 2.75) is 26.3 Å². The Morgan fingerprint density at radius 3 is 2.28 bits per heavy atom. The number of ether oxygens (including phenoxy) is 4. The Hall–Kier alpha value is -4.87. The van der Waals surface area contributed by atoms with Crippen molar-refractivity contribution in [2.75, 3.05) is 53.1 Å². The highest BCUT2D eigenvalue weighted by Gasteiger charge is 2.32. The predicted molar refractivity (Wildman–Crippen MR) is 157 cm³/mol. The van der Waals surface area contributed by atoms with Gasteiger partial charge in [-0.1, -0.05) is 30.3 Å². The van der Waals surface area contributed by atoms with Crippen molar-refractivity contribution in [3.05, 3.63) is 65.9 Å². The van der Waals surface area contributed by atoms with Crippen LogP contribution in [0.5, 0.6) is 11.5 Å². The Balaban J connectivity index is 1.58. The minimum Gasteiger partial charge on any atom is -0.496 e. The summed E-state index contributed by atoms with van der Waals surface area (Å²) in [5.41, 5.74) is 1.27. The number of rotatable bonds is 11. The van der Waals surface area contributed by atoms with Gasteiger partial charge < -0.3 is 34.1 Å². The highest BCUT2D eigenvalue weighted by Crippen LogP contribution is 2.25. The van der Waals surface area contributed by atoms with Crippen LogP contribution in [0.2, 0.25) is 0 Å². The lowest BCUT2D eigenvalue weighted by Crippen LogP contribution is -2.56. The number of nitrogens with one attached hydrogen (secondary N) is 1. The van der Waals surface area contributed by atoms with Crippen molar-refractivity contribution in [1.82, 2.24) is 20.1 Å². The Morgan fingerprint density at radius 1 is 0.884 bits per heavy atom.